The minimum atomic E-state index is -0.727. The number of ether oxygens (including phenoxy) is 2. The van der Waals surface area contributed by atoms with Crippen LogP contribution in [0, 0.1) is 0 Å². The fraction of sp³-hybridized carbons (Fsp3) is 0.588. The molecule has 0 spiro atoms. The standard InChI is InChI=1S/C17H22O4/c1-11(2)12-8-14-15(21-7-3-6-20-14)9-13(12)17(4-5-17)10-16(18)19/h8-9,11H,3-7,10H2,1-2H3,(H,18,19). The van der Waals surface area contributed by atoms with Crippen LogP contribution >= 0.6 is 0 Å². The van der Waals surface area contributed by atoms with Crippen molar-refractivity contribution in [3.8, 4) is 11.5 Å². The van der Waals surface area contributed by atoms with E-state index in [0.717, 1.165) is 36.3 Å². The van der Waals surface area contributed by atoms with E-state index >= 15 is 0 Å². The summed E-state index contributed by atoms with van der Waals surface area (Å²) in [6.45, 7) is 5.60. The van der Waals surface area contributed by atoms with Crippen LogP contribution in [0.4, 0.5) is 0 Å². The van der Waals surface area contributed by atoms with E-state index in [1.54, 1.807) is 0 Å². The molecule has 1 aliphatic heterocycles. The molecule has 1 aromatic carbocycles. The number of aliphatic carboxylic acids is 1. The third kappa shape index (κ3) is 2.71. The molecule has 114 valence electrons. The van der Waals surface area contributed by atoms with E-state index in [9.17, 15) is 9.90 Å². The molecule has 0 radical (unpaired) electrons. The van der Waals surface area contributed by atoms with Crippen molar-refractivity contribution in [1.82, 2.24) is 0 Å². The first kappa shape index (κ1) is 14.2. The molecule has 1 aliphatic carbocycles. The maximum atomic E-state index is 11.2. The summed E-state index contributed by atoms with van der Waals surface area (Å²) >= 11 is 0. The quantitative estimate of drug-likeness (QED) is 0.922. The van der Waals surface area contributed by atoms with Crippen LogP contribution in [0.15, 0.2) is 12.1 Å². The third-order valence-corrected chi connectivity index (χ3v) is 4.46. The number of carboxylic acid groups (broad SMARTS) is 1. The lowest BCUT2D eigenvalue weighted by Gasteiger charge is -2.22. The Labute approximate surface area is 125 Å². The predicted molar refractivity (Wildman–Crippen MR) is 79.3 cm³/mol. The largest absolute Gasteiger partial charge is 0.490 e. The van der Waals surface area contributed by atoms with E-state index in [1.165, 1.54) is 5.56 Å². The predicted octanol–water partition coefficient (Wildman–Crippen LogP) is 3.48. The molecule has 0 saturated heterocycles. The van der Waals surface area contributed by atoms with Crippen molar-refractivity contribution in [3.05, 3.63) is 23.3 Å². The highest BCUT2D eigenvalue weighted by Gasteiger charge is 2.47. The fourth-order valence-electron chi connectivity index (χ4n) is 3.14. The number of hydrogen-bond acceptors (Lipinski definition) is 3. The number of fused-ring (bicyclic) bond motifs is 1. The molecule has 1 fully saturated rings. The Morgan fingerprint density at radius 2 is 1.86 bits per heavy atom. The van der Waals surface area contributed by atoms with Crippen molar-refractivity contribution in [2.45, 2.75) is 50.9 Å². The van der Waals surface area contributed by atoms with Gasteiger partial charge in [-0.2, -0.15) is 0 Å². The highest BCUT2D eigenvalue weighted by atomic mass is 16.5. The van der Waals surface area contributed by atoms with Crippen molar-refractivity contribution in [2.75, 3.05) is 13.2 Å². The third-order valence-electron chi connectivity index (χ3n) is 4.46. The first-order valence-corrected chi connectivity index (χ1v) is 7.68. The van der Waals surface area contributed by atoms with Gasteiger partial charge < -0.3 is 14.6 Å². The lowest BCUT2D eigenvalue weighted by Crippen LogP contribution is -2.16. The van der Waals surface area contributed by atoms with Crippen molar-refractivity contribution in [3.63, 3.8) is 0 Å². The molecular weight excluding hydrogens is 268 g/mol. The molecule has 1 saturated carbocycles. The SMILES string of the molecule is CC(C)c1cc2c(cc1C1(CC(=O)O)CC1)OCCCO2. The summed E-state index contributed by atoms with van der Waals surface area (Å²) in [5, 5.41) is 9.21. The van der Waals surface area contributed by atoms with E-state index in [1.807, 2.05) is 6.07 Å². The van der Waals surface area contributed by atoms with Crippen LogP contribution in [0.1, 0.15) is 56.6 Å². The Bertz CT molecular complexity index is 558. The summed E-state index contributed by atoms with van der Waals surface area (Å²) in [5.41, 5.74) is 2.14. The van der Waals surface area contributed by atoms with Gasteiger partial charge in [0.1, 0.15) is 0 Å². The Morgan fingerprint density at radius 1 is 1.24 bits per heavy atom. The van der Waals surface area contributed by atoms with Gasteiger partial charge in [-0.25, -0.2) is 0 Å². The highest BCUT2D eigenvalue weighted by Crippen LogP contribution is 2.55. The number of benzene rings is 1. The van der Waals surface area contributed by atoms with Gasteiger partial charge in [-0.3, -0.25) is 4.79 Å². The summed E-state index contributed by atoms with van der Waals surface area (Å²) in [6.07, 6.45) is 2.96. The van der Waals surface area contributed by atoms with Gasteiger partial charge in [0.2, 0.25) is 0 Å². The molecule has 0 aromatic heterocycles. The summed E-state index contributed by atoms with van der Waals surface area (Å²) < 4.78 is 11.5. The Balaban J connectivity index is 2.06. The number of carboxylic acids is 1. The van der Waals surface area contributed by atoms with Crippen molar-refractivity contribution in [2.24, 2.45) is 0 Å². The molecule has 1 aromatic rings. The van der Waals surface area contributed by atoms with Crippen molar-refractivity contribution >= 4 is 5.97 Å². The van der Waals surface area contributed by atoms with Gasteiger partial charge in [0.25, 0.3) is 0 Å². The Hall–Kier alpha value is -1.71. The molecule has 0 bridgehead atoms. The summed E-state index contributed by atoms with van der Waals surface area (Å²) in [6, 6.07) is 4.09. The highest BCUT2D eigenvalue weighted by molar-refractivity contribution is 5.71. The van der Waals surface area contributed by atoms with E-state index < -0.39 is 5.97 Å². The van der Waals surface area contributed by atoms with Crippen LogP contribution in [-0.4, -0.2) is 24.3 Å². The first-order chi connectivity index (χ1) is 10.0. The second kappa shape index (κ2) is 5.24. The van der Waals surface area contributed by atoms with Gasteiger partial charge in [0, 0.05) is 11.8 Å². The number of carbonyl (C=O) groups is 1. The molecule has 4 heteroatoms. The molecule has 0 unspecified atom stereocenters. The monoisotopic (exact) mass is 290 g/mol. The average molecular weight is 290 g/mol. The van der Waals surface area contributed by atoms with E-state index in [2.05, 4.69) is 19.9 Å². The van der Waals surface area contributed by atoms with Gasteiger partial charge in [-0.05, 0) is 42.0 Å². The van der Waals surface area contributed by atoms with Gasteiger partial charge in [-0.15, -0.1) is 0 Å². The van der Waals surface area contributed by atoms with Crippen LogP contribution < -0.4 is 9.47 Å². The number of hydrogen-bond donors (Lipinski definition) is 1. The van der Waals surface area contributed by atoms with Crippen LogP contribution in [-0.2, 0) is 10.2 Å². The van der Waals surface area contributed by atoms with Crippen LogP contribution in [0.3, 0.4) is 0 Å². The lowest BCUT2D eigenvalue weighted by molar-refractivity contribution is -0.137. The number of rotatable bonds is 4. The zero-order chi connectivity index (χ0) is 15.0. The molecule has 1 heterocycles. The molecule has 0 atom stereocenters. The first-order valence-electron chi connectivity index (χ1n) is 7.68. The van der Waals surface area contributed by atoms with Crippen LogP contribution in [0.25, 0.3) is 0 Å². The van der Waals surface area contributed by atoms with Gasteiger partial charge >= 0.3 is 5.97 Å². The van der Waals surface area contributed by atoms with Crippen molar-refractivity contribution in [1.29, 1.82) is 0 Å². The molecule has 4 nitrogen and oxygen atoms in total. The summed E-state index contributed by atoms with van der Waals surface area (Å²) in [5.74, 6) is 1.17. The zero-order valence-corrected chi connectivity index (χ0v) is 12.6. The van der Waals surface area contributed by atoms with Gasteiger partial charge in [-0.1, -0.05) is 13.8 Å². The second-order valence-corrected chi connectivity index (χ2v) is 6.44. The lowest BCUT2D eigenvalue weighted by atomic mass is 9.84. The second-order valence-electron chi connectivity index (χ2n) is 6.44. The molecule has 3 rings (SSSR count). The average Bonchev–Trinajstić information content (AvgIpc) is 3.20. The fourth-order valence-corrected chi connectivity index (χ4v) is 3.14. The molecule has 21 heavy (non-hydrogen) atoms. The van der Waals surface area contributed by atoms with Gasteiger partial charge in [0.15, 0.2) is 11.5 Å². The topological polar surface area (TPSA) is 55.8 Å². The summed E-state index contributed by atoms with van der Waals surface area (Å²) in [4.78, 5) is 11.2. The Morgan fingerprint density at radius 3 is 2.38 bits per heavy atom. The van der Waals surface area contributed by atoms with E-state index in [0.29, 0.717) is 19.1 Å². The smallest absolute Gasteiger partial charge is 0.304 e. The van der Waals surface area contributed by atoms with Crippen LogP contribution in [0.2, 0.25) is 0 Å². The molecular formula is C17H22O4. The summed E-state index contributed by atoms with van der Waals surface area (Å²) in [7, 11) is 0. The van der Waals surface area contributed by atoms with Gasteiger partial charge in [0.05, 0.1) is 19.6 Å². The normalized spacial score (nSPS) is 19.2. The minimum Gasteiger partial charge on any atom is -0.490 e. The molecule has 2 aliphatic rings. The van der Waals surface area contributed by atoms with Crippen molar-refractivity contribution < 1.29 is 19.4 Å². The Kier molecular flexibility index (Phi) is 3.56. The maximum absolute atomic E-state index is 11.2. The maximum Gasteiger partial charge on any atom is 0.304 e. The minimum absolute atomic E-state index is 0.198. The zero-order valence-electron chi connectivity index (χ0n) is 12.6. The van der Waals surface area contributed by atoms with Crippen LogP contribution in [0.5, 0.6) is 11.5 Å². The molecule has 0 amide bonds. The van der Waals surface area contributed by atoms with E-state index in [-0.39, 0.29) is 11.8 Å². The van der Waals surface area contributed by atoms with E-state index in [4.69, 9.17) is 9.47 Å². The molecule has 1 N–H and O–H groups in total.